The minimum absolute atomic E-state index is 0.0478. The van der Waals surface area contributed by atoms with Crippen LogP contribution < -0.4 is 0 Å². The van der Waals surface area contributed by atoms with E-state index in [-0.39, 0.29) is 19.0 Å². The first kappa shape index (κ1) is 14.8. The Bertz CT molecular complexity index is 317. The number of amides is 2. The fourth-order valence-electron chi connectivity index (χ4n) is 2.06. The van der Waals surface area contributed by atoms with Crippen molar-refractivity contribution in [2.24, 2.45) is 0 Å². The number of urea groups is 1. The lowest BCUT2D eigenvalue weighted by atomic mass is 9.98. The van der Waals surface area contributed by atoms with Crippen molar-refractivity contribution in [1.82, 2.24) is 9.80 Å². The number of rotatable bonds is 3. The lowest BCUT2D eigenvalue weighted by molar-refractivity contribution is -0.137. The van der Waals surface area contributed by atoms with Crippen molar-refractivity contribution in [3.05, 3.63) is 0 Å². The highest BCUT2D eigenvalue weighted by Gasteiger charge is 2.28. The highest BCUT2D eigenvalue weighted by molar-refractivity contribution is 5.75. The van der Waals surface area contributed by atoms with Crippen LogP contribution in [0.3, 0.4) is 0 Å². The fraction of sp³-hybridized carbons (Fsp3) is 0.833. The first-order chi connectivity index (χ1) is 8.32. The molecule has 0 radical (unpaired) electrons. The number of hydrogen-bond acceptors (Lipinski definition) is 3. The third kappa shape index (κ3) is 4.52. The van der Waals surface area contributed by atoms with E-state index >= 15 is 0 Å². The Labute approximate surface area is 107 Å². The van der Waals surface area contributed by atoms with Crippen LogP contribution in [-0.2, 0) is 4.79 Å². The summed E-state index contributed by atoms with van der Waals surface area (Å²) in [7, 11) is 1.61. The van der Waals surface area contributed by atoms with Crippen LogP contribution in [0.1, 0.15) is 32.6 Å². The van der Waals surface area contributed by atoms with Crippen LogP contribution in [0.5, 0.6) is 0 Å². The standard InChI is InChI=1S/C12H22N2O4/c1-12(18)5-3-7-14(9-6-12)11(17)13(2)8-4-10(15)16/h18H,3-9H2,1-2H3,(H,15,16). The van der Waals surface area contributed by atoms with Gasteiger partial charge in [0, 0.05) is 26.7 Å². The van der Waals surface area contributed by atoms with Gasteiger partial charge in [-0.05, 0) is 26.2 Å². The molecular formula is C12H22N2O4. The van der Waals surface area contributed by atoms with E-state index in [4.69, 9.17) is 5.11 Å². The number of nitrogens with zero attached hydrogens (tertiary/aromatic N) is 2. The van der Waals surface area contributed by atoms with E-state index in [1.165, 1.54) is 4.90 Å². The summed E-state index contributed by atoms with van der Waals surface area (Å²) in [6.07, 6.45) is 1.97. The number of carboxylic acid groups (broad SMARTS) is 1. The molecule has 0 spiro atoms. The fourth-order valence-corrected chi connectivity index (χ4v) is 2.06. The molecule has 2 amide bonds. The number of aliphatic carboxylic acids is 1. The molecule has 1 aliphatic rings. The molecule has 1 fully saturated rings. The van der Waals surface area contributed by atoms with Crippen LogP contribution >= 0.6 is 0 Å². The van der Waals surface area contributed by atoms with Gasteiger partial charge >= 0.3 is 12.0 Å². The number of carboxylic acids is 1. The van der Waals surface area contributed by atoms with Gasteiger partial charge in [-0.15, -0.1) is 0 Å². The molecule has 0 bridgehead atoms. The van der Waals surface area contributed by atoms with E-state index in [1.807, 2.05) is 0 Å². The summed E-state index contributed by atoms with van der Waals surface area (Å²) in [5, 5.41) is 18.5. The third-order valence-electron chi connectivity index (χ3n) is 3.32. The number of hydrogen-bond donors (Lipinski definition) is 2. The van der Waals surface area contributed by atoms with Gasteiger partial charge < -0.3 is 20.0 Å². The summed E-state index contributed by atoms with van der Waals surface area (Å²) >= 11 is 0. The lowest BCUT2D eigenvalue weighted by Crippen LogP contribution is -2.42. The van der Waals surface area contributed by atoms with Crippen molar-refractivity contribution in [2.75, 3.05) is 26.7 Å². The maximum Gasteiger partial charge on any atom is 0.319 e. The average Bonchev–Trinajstić information content (AvgIpc) is 2.46. The van der Waals surface area contributed by atoms with Crippen molar-refractivity contribution < 1.29 is 19.8 Å². The molecule has 6 heteroatoms. The number of carbonyl (C=O) groups is 2. The maximum atomic E-state index is 12.1. The predicted molar refractivity (Wildman–Crippen MR) is 66.3 cm³/mol. The molecule has 1 aliphatic heterocycles. The number of likely N-dealkylation sites (tertiary alicyclic amines) is 1. The first-order valence-corrected chi connectivity index (χ1v) is 6.26. The molecule has 1 atom stereocenters. The summed E-state index contributed by atoms with van der Waals surface area (Å²) in [6.45, 7) is 3.13. The topological polar surface area (TPSA) is 81.1 Å². The van der Waals surface area contributed by atoms with E-state index < -0.39 is 11.6 Å². The van der Waals surface area contributed by atoms with Crippen LogP contribution in [0.2, 0.25) is 0 Å². The van der Waals surface area contributed by atoms with Gasteiger partial charge in [-0.3, -0.25) is 4.79 Å². The highest BCUT2D eigenvalue weighted by Crippen LogP contribution is 2.21. The van der Waals surface area contributed by atoms with Gasteiger partial charge in [0.1, 0.15) is 0 Å². The first-order valence-electron chi connectivity index (χ1n) is 6.26. The van der Waals surface area contributed by atoms with Gasteiger partial charge in [0.2, 0.25) is 0 Å². The van der Waals surface area contributed by atoms with E-state index in [0.29, 0.717) is 25.9 Å². The molecule has 18 heavy (non-hydrogen) atoms. The molecule has 0 aromatic carbocycles. The van der Waals surface area contributed by atoms with Gasteiger partial charge in [0.15, 0.2) is 0 Å². The van der Waals surface area contributed by atoms with Crippen LogP contribution in [0.4, 0.5) is 4.79 Å². The van der Waals surface area contributed by atoms with Crippen molar-refractivity contribution >= 4 is 12.0 Å². The minimum Gasteiger partial charge on any atom is -0.481 e. The number of aliphatic hydroxyl groups is 1. The Kier molecular flexibility index (Phi) is 4.95. The summed E-state index contributed by atoms with van der Waals surface area (Å²) in [4.78, 5) is 25.6. The zero-order valence-electron chi connectivity index (χ0n) is 11.1. The lowest BCUT2D eigenvalue weighted by Gasteiger charge is -2.27. The molecular weight excluding hydrogens is 236 g/mol. The van der Waals surface area contributed by atoms with Gasteiger partial charge in [-0.1, -0.05) is 0 Å². The predicted octanol–water partition coefficient (Wildman–Crippen LogP) is 0.750. The molecule has 6 nitrogen and oxygen atoms in total. The van der Waals surface area contributed by atoms with E-state index in [9.17, 15) is 14.7 Å². The van der Waals surface area contributed by atoms with E-state index in [0.717, 1.165) is 6.42 Å². The van der Waals surface area contributed by atoms with Gasteiger partial charge in [0.05, 0.1) is 12.0 Å². The zero-order valence-corrected chi connectivity index (χ0v) is 11.1. The molecule has 1 heterocycles. The van der Waals surface area contributed by atoms with Crippen molar-refractivity contribution in [2.45, 2.75) is 38.2 Å². The Morgan fingerprint density at radius 3 is 2.61 bits per heavy atom. The smallest absolute Gasteiger partial charge is 0.319 e. The molecule has 0 aliphatic carbocycles. The zero-order chi connectivity index (χ0) is 13.8. The Morgan fingerprint density at radius 2 is 2.00 bits per heavy atom. The summed E-state index contributed by atoms with van der Waals surface area (Å²) < 4.78 is 0. The van der Waals surface area contributed by atoms with Crippen LogP contribution in [0.15, 0.2) is 0 Å². The van der Waals surface area contributed by atoms with Crippen molar-refractivity contribution in [1.29, 1.82) is 0 Å². The Morgan fingerprint density at radius 1 is 1.33 bits per heavy atom. The minimum atomic E-state index is -0.909. The normalized spacial score (nSPS) is 24.5. The molecule has 1 rings (SSSR count). The third-order valence-corrected chi connectivity index (χ3v) is 3.32. The van der Waals surface area contributed by atoms with Crippen LogP contribution in [0.25, 0.3) is 0 Å². The van der Waals surface area contributed by atoms with E-state index in [2.05, 4.69) is 0 Å². The molecule has 2 N–H and O–H groups in total. The second-order valence-electron chi connectivity index (χ2n) is 5.19. The maximum absolute atomic E-state index is 12.1. The molecule has 0 aromatic rings. The Hall–Kier alpha value is -1.30. The Balaban J connectivity index is 2.48. The molecule has 1 saturated heterocycles. The highest BCUT2D eigenvalue weighted by atomic mass is 16.4. The number of carbonyl (C=O) groups excluding carboxylic acids is 1. The van der Waals surface area contributed by atoms with Crippen molar-refractivity contribution in [3.8, 4) is 0 Å². The van der Waals surface area contributed by atoms with Gasteiger partial charge in [0.25, 0.3) is 0 Å². The van der Waals surface area contributed by atoms with Gasteiger partial charge in [-0.25, -0.2) is 4.79 Å². The molecule has 0 saturated carbocycles. The summed E-state index contributed by atoms with van der Waals surface area (Å²) in [5.41, 5.74) is -0.700. The van der Waals surface area contributed by atoms with E-state index in [1.54, 1.807) is 18.9 Å². The second kappa shape index (κ2) is 6.04. The molecule has 104 valence electrons. The largest absolute Gasteiger partial charge is 0.481 e. The quantitative estimate of drug-likeness (QED) is 0.782. The second-order valence-corrected chi connectivity index (χ2v) is 5.19. The summed E-state index contributed by atoms with van der Waals surface area (Å²) in [6, 6.07) is -0.158. The summed E-state index contributed by atoms with van der Waals surface area (Å²) in [5.74, 6) is -0.909. The molecule has 1 unspecified atom stereocenters. The van der Waals surface area contributed by atoms with Crippen molar-refractivity contribution in [3.63, 3.8) is 0 Å². The molecule has 0 aromatic heterocycles. The van der Waals surface area contributed by atoms with Crippen LogP contribution in [0, 0.1) is 0 Å². The van der Waals surface area contributed by atoms with Gasteiger partial charge in [-0.2, -0.15) is 0 Å². The SMILES string of the molecule is CN(CCC(=O)O)C(=O)N1CCCC(C)(O)CC1. The van der Waals surface area contributed by atoms with Crippen LogP contribution in [-0.4, -0.2) is 64.3 Å². The monoisotopic (exact) mass is 258 g/mol. The average molecular weight is 258 g/mol.